The minimum absolute atomic E-state index is 0. The van der Waals surface area contributed by atoms with E-state index in [0.717, 1.165) is 47.0 Å². The van der Waals surface area contributed by atoms with Gasteiger partial charge >= 0.3 is 16.8 Å². The fraction of sp³-hybridized carbons (Fsp3) is 0.303. The van der Waals surface area contributed by atoms with Gasteiger partial charge in [-0.05, 0) is 85.0 Å². The molecule has 0 aliphatic rings. The first-order valence-corrected chi connectivity index (χ1v) is 12.8. The number of aliphatic imine (C=N–C) groups is 2. The van der Waals surface area contributed by atoms with Crippen LogP contribution in [-0.4, -0.2) is 16.4 Å². The van der Waals surface area contributed by atoms with Crippen molar-refractivity contribution in [3.05, 3.63) is 114 Å². The Bertz CT molecular complexity index is 1260. The van der Waals surface area contributed by atoms with Gasteiger partial charge in [-0.1, -0.05) is 70.2 Å². The second-order valence-corrected chi connectivity index (χ2v) is 9.89. The van der Waals surface area contributed by atoms with Crippen LogP contribution in [0.15, 0.2) is 89.9 Å². The maximum absolute atomic E-state index is 5.16. The molecular weight excluding hydrogens is 657 g/mol. The van der Waals surface area contributed by atoms with Crippen molar-refractivity contribution in [2.45, 2.75) is 66.2 Å². The molecule has 0 N–H and O–H groups in total. The van der Waals surface area contributed by atoms with Gasteiger partial charge in [0.05, 0.1) is 34.2 Å². The molecule has 2 aromatic carbocycles. The third-order valence-corrected chi connectivity index (χ3v) is 6.24. The first kappa shape index (κ1) is 36.9. The smallest absolute Gasteiger partial charge is 1.00 e. The van der Waals surface area contributed by atoms with Crippen LogP contribution in [-0.2, 0) is 29.6 Å². The summed E-state index contributed by atoms with van der Waals surface area (Å²) in [7, 11) is 0. The van der Waals surface area contributed by atoms with Crippen molar-refractivity contribution in [2.75, 3.05) is 0 Å². The standard InChI is InChI=1S/C33H39N3.2BrH.Co/c1-9-12-26-16-18-28(19-17-26)34-24(7)31-14-11-15-32(36-31)25(8)35-33-29(22(3)4)20-27(13-10-2)21-30(33)23(5)6;;;/h9-11,14-23H,1-2,12-13H2,3-8H3;2*1H;/q;;;+2/p-2/b34-24-,35-25-;;;. The van der Waals surface area contributed by atoms with Gasteiger partial charge in [0.2, 0.25) is 0 Å². The first-order chi connectivity index (χ1) is 17.2. The fourth-order valence-electron chi connectivity index (χ4n) is 4.23. The largest absolute Gasteiger partial charge is 2.00 e. The van der Waals surface area contributed by atoms with Gasteiger partial charge in [0, 0.05) is 0 Å². The molecule has 0 amide bonds. The quantitative estimate of drug-likeness (QED) is 0.238. The zero-order chi connectivity index (χ0) is 26.2. The van der Waals surface area contributed by atoms with E-state index in [2.05, 4.69) is 65.1 Å². The molecule has 209 valence electrons. The molecule has 1 aromatic heterocycles. The van der Waals surface area contributed by atoms with Crippen LogP contribution in [0.25, 0.3) is 0 Å². The molecular formula is C33H39Br2CoN3. The van der Waals surface area contributed by atoms with Gasteiger partial charge in [-0.3, -0.25) is 9.98 Å². The number of benzene rings is 2. The third kappa shape index (κ3) is 10.1. The maximum Gasteiger partial charge on any atom is 2.00 e. The molecule has 3 rings (SSSR count). The predicted octanol–water partition coefficient (Wildman–Crippen LogP) is 3.07. The Balaban J connectivity index is 0.00000481. The summed E-state index contributed by atoms with van der Waals surface area (Å²) in [6.07, 6.45) is 5.60. The number of hydrogen-bond donors (Lipinski definition) is 0. The van der Waals surface area contributed by atoms with Gasteiger partial charge in [-0.15, -0.1) is 13.2 Å². The molecule has 0 saturated carbocycles. The number of pyridine rings is 1. The zero-order valence-corrected chi connectivity index (χ0v) is 28.0. The van der Waals surface area contributed by atoms with Crippen LogP contribution in [0.2, 0.25) is 0 Å². The molecule has 0 unspecified atom stereocenters. The maximum atomic E-state index is 5.16. The van der Waals surface area contributed by atoms with Gasteiger partial charge in [0.1, 0.15) is 0 Å². The first-order valence-electron chi connectivity index (χ1n) is 12.8. The van der Waals surface area contributed by atoms with E-state index in [1.807, 2.05) is 56.3 Å². The van der Waals surface area contributed by atoms with E-state index >= 15 is 0 Å². The van der Waals surface area contributed by atoms with Crippen molar-refractivity contribution in [3.8, 4) is 0 Å². The number of allylic oxidation sites excluding steroid dienone is 2. The Kier molecular flexibility index (Phi) is 16.6. The summed E-state index contributed by atoms with van der Waals surface area (Å²) in [6.45, 7) is 20.7. The van der Waals surface area contributed by atoms with Crippen LogP contribution >= 0.6 is 0 Å². The van der Waals surface area contributed by atoms with Crippen LogP contribution in [0.1, 0.15) is 87.0 Å². The van der Waals surface area contributed by atoms with E-state index in [0.29, 0.717) is 11.8 Å². The van der Waals surface area contributed by atoms with Gasteiger partial charge in [-0.2, -0.15) is 0 Å². The Morgan fingerprint density at radius 3 is 1.67 bits per heavy atom. The molecule has 3 nitrogen and oxygen atoms in total. The van der Waals surface area contributed by atoms with Crippen molar-refractivity contribution >= 4 is 22.8 Å². The minimum atomic E-state index is 0. The molecule has 3 aromatic rings. The summed E-state index contributed by atoms with van der Waals surface area (Å²) >= 11 is 0. The molecule has 1 radical (unpaired) electrons. The summed E-state index contributed by atoms with van der Waals surface area (Å²) in [5, 5.41) is 0. The van der Waals surface area contributed by atoms with Gasteiger partial charge in [0.25, 0.3) is 0 Å². The van der Waals surface area contributed by atoms with Gasteiger partial charge in [-0.25, -0.2) is 4.98 Å². The van der Waals surface area contributed by atoms with E-state index in [1.54, 1.807) is 0 Å². The molecule has 0 atom stereocenters. The number of rotatable bonds is 10. The Morgan fingerprint density at radius 2 is 1.21 bits per heavy atom. The van der Waals surface area contributed by atoms with Gasteiger partial charge in [0.15, 0.2) is 0 Å². The van der Waals surface area contributed by atoms with Crippen molar-refractivity contribution in [1.29, 1.82) is 0 Å². The monoisotopic (exact) mass is 694 g/mol. The molecule has 0 aliphatic carbocycles. The average Bonchev–Trinajstić information content (AvgIpc) is 2.86. The topological polar surface area (TPSA) is 37.6 Å². The number of nitrogens with zero attached hydrogens (tertiary/aromatic N) is 3. The van der Waals surface area contributed by atoms with E-state index in [4.69, 9.17) is 15.0 Å². The van der Waals surface area contributed by atoms with Crippen LogP contribution in [0.3, 0.4) is 0 Å². The van der Waals surface area contributed by atoms with Crippen LogP contribution in [0, 0.1) is 0 Å². The summed E-state index contributed by atoms with van der Waals surface area (Å²) < 4.78 is 0. The van der Waals surface area contributed by atoms with Crippen molar-refractivity contribution < 1.29 is 50.7 Å². The summed E-state index contributed by atoms with van der Waals surface area (Å²) in [6, 6.07) is 18.9. The average molecular weight is 696 g/mol. The Morgan fingerprint density at radius 1 is 0.744 bits per heavy atom. The molecule has 0 saturated heterocycles. The summed E-state index contributed by atoms with van der Waals surface area (Å²) in [4.78, 5) is 14.9. The molecule has 0 fully saturated rings. The van der Waals surface area contributed by atoms with Crippen LogP contribution in [0.4, 0.5) is 11.4 Å². The zero-order valence-electron chi connectivity index (χ0n) is 23.8. The van der Waals surface area contributed by atoms with Crippen LogP contribution in [0.5, 0.6) is 0 Å². The fourth-order valence-corrected chi connectivity index (χ4v) is 4.23. The Hall–Kier alpha value is -2.12. The molecule has 1 heterocycles. The minimum Gasteiger partial charge on any atom is -1.00 e. The second kappa shape index (κ2) is 17.5. The van der Waals surface area contributed by atoms with Crippen molar-refractivity contribution in [3.63, 3.8) is 0 Å². The molecule has 0 bridgehead atoms. The molecule has 6 heteroatoms. The van der Waals surface area contributed by atoms with Crippen molar-refractivity contribution in [2.24, 2.45) is 9.98 Å². The summed E-state index contributed by atoms with van der Waals surface area (Å²) in [5.74, 6) is 0.732. The predicted molar refractivity (Wildman–Crippen MR) is 157 cm³/mol. The number of halogens is 2. The third-order valence-electron chi connectivity index (χ3n) is 6.24. The van der Waals surface area contributed by atoms with E-state index < -0.39 is 0 Å². The number of aromatic nitrogens is 1. The van der Waals surface area contributed by atoms with Crippen LogP contribution < -0.4 is 34.0 Å². The van der Waals surface area contributed by atoms with E-state index in [9.17, 15) is 0 Å². The number of hydrogen-bond acceptors (Lipinski definition) is 3. The normalized spacial score (nSPS) is 11.4. The van der Waals surface area contributed by atoms with E-state index in [1.165, 1.54) is 22.3 Å². The second-order valence-electron chi connectivity index (χ2n) is 9.89. The SMILES string of the molecule is C=CCc1ccc(/N=C(/C)c2cccc(/C(C)=N\c3c(C(C)C)cc(CC=C)cc3C(C)C)n2)cc1.[Br-].[Br-].[Co+2]. The Labute approximate surface area is 266 Å². The molecule has 0 spiro atoms. The van der Waals surface area contributed by atoms with Crippen molar-refractivity contribution in [1.82, 2.24) is 4.98 Å². The van der Waals surface area contributed by atoms with Gasteiger partial charge < -0.3 is 34.0 Å². The molecule has 39 heavy (non-hydrogen) atoms. The molecule has 0 aliphatic heterocycles. The van der Waals surface area contributed by atoms with E-state index in [-0.39, 0.29) is 50.7 Å². The summed E-state index contributed by atoms with van der Waals surface area (Å²) in [5.41, 5.74) is 10.5.